The Morgan fingerprint density at radius 1 is 1.28 bits per heavy atom. The highest BCUT2D eigenvalue weighted by Crippen LogP contribution is 2.23. The van der Waals surface area contributed by atoms with E-state index in [2.05, 4.69) is 0 Å². The van der Waals surface area contributed by atoms with Gasteiger partial charge in [0.15, 0.2) is 11.9 Å². The lowest BCUT2D eigenvalue weighted by Crippen LogP contribution is -2.23. The van der Waals surface area contributed by atoms with Crippen LogP contribution >= 0.6 is 0 Å². The molecule has 0 heterocycles. The smallest absolute Gasteiger partial charge is 0.248 e. The monoisotopic (exact) mass is 251 g/mol. The van der Waals surface area contributed by atoms with E-state index in [9.17, 15) is 9.59 Å². The van der Waals surface area contributed by atoms with Crippen LogP contribution in [-0.4, -0.2) is 24.9 Å². The minimum atomic E-state index is -0.576. The van der Waals surface area contributed by atoms with E-state index in [0.717, 1.165) is 0 Å². The first-order valence-corrected chi connectivity index (χ1v) is 5.66. The van der Waals surface area contributed by atoms with E-state index in [1.54, 1.807) is 19.9 Å². The molecule has 98 valence electrons. The molecule has 5 nitrogen and oxygen atoms in total. The van der Waals surface area contributed by atoms with Crippen molar-refractivity contribution in [3.63, 3.8) is 0 Å². The molecule has 0 bridgehead atoms. The van der Waals surface area contributed by atoms with E-state index in [0.29, 0.717) is 17.9 Å². The molecule has 0 saturated heterocycles. The topological polar surface area (TPSA) is 78.6 Å². The summed E-state index contributed by atoms with van der Waals surface area (Å²) in [6.45, 7) is 3.43. The van der Waals surface area contributed by atoms with Crippen molar-refractivity contribution in [2.24, 2.45) is 5.73 Å². The summed E-state index contributed by atoms with van der Waals surface area (Å²) in [4.78, 5) is 22.6. The van der Waals surface area contributed by atoms with Gasteiger partial charge in [-0.25, -0.2) is 0 Å². The van der Waals surface area contributed by atoms with Crippen molar-refractivity contribution in [3.05, 3.63) is 23.8 Å². The van der Waals surface area contributed by atoms with E-state index in [1.165, 1.54) is 19.2 Å². The maximum Gasteiger partial charge on any atom is 0.248 e. The van der Waals surface area contributed by atoms with E-state index in [4.69, 9.17) is 15.2 Å². The van der Waals surface area contributed by atoms with Gasteiger partial charge >= 0.3 is 0 Å². The zero-order valence-corrected chi connectivity index (χ0v) is 10.7. The van der Waals surface area contributed by atoms with Gasteiger partial charge in [0.1, 0.15) is 11.5 Å². The van der Waals surface area contributed by atoms with Crippen molar-refractivity contribution < 1.29 is 19.1 Å². The van der Waals surface area contributed by atoms with E-state index in [-0.39, 0.29) is 11.3 Å². The number of primary amides is 1. The van der Waals surface area contributed by atoms with Crippen LogP contribution in [0.5, 0.6) is 11.5 Å². The summed E-state index contributed by atoms with van der Waals surface area (Å²) in [7, 11) is 1.48. The lowest BCUT2D eigenvalue weighted by atomic mass is 10.1. The normalized spacial score (nSPS) is 11.7. The number of rotatable bonds is 6. The Kier molecular flexibility index (Phi) is 4.71. The van der Waals surface area contributed by atoms with E-state index in [1.807, 2.05) is 0 Å². The zero-order chi connectivity index (χ0) is 13.7. The fourth-order valence-electron chi connectivity index (χ4n) is 1.46. The third-order valence-electron chi connectivity index (χ3n) is 2.52. The molecule has 5 heteroatoms. The minimum Gasteiger partial charge on any atom is -0.497 e. The molecule has 0 aliphatic heterocycles. The molecule has 1 aromatic carbocycles. The average molecular weight is 251 g/mol. The highest BCUT2D eigenvalue weighted by Gasteiger charge is 2.14. The molecule has 1 rings (SSSR count). The molecule has 0 saturated carbocycles. The van der Waals surface area contributed by atoms with Gasteiger partial charge in [-0.15, -0.1) is 0 Å². The molecule has 0 spiro atoms. The van der Waals surface area contributed by atoms with E-state index >= 15 is 0 Å². The van der Waals surface area contributed by atoms with Crippen molar-refractivity contribution in [1.29, 1.82) is 0 Å². The summed E-state index contributed by atoms with van der Waals surface area (Å²) < 4.78 is 10.5. The quantitative estimate of drug-likeness (QED) is 0.831. The molecular weight excluding hydrogens is 234 g/mol. The van der Waals surface area contributed by atoms with Crippen molar-refractivity contribution in [1.82, 2.24) is 0 Å². The second kappa shape index (κ2) is 6.05. The van der Waals surface area contributed by atoms with Gasteiger partial charge in [-0.1, -0.05) is 6.92 Å². The standard InChI is InChI=1S/C13H17NO4/c1-4-12(15)8(2)18-11-6-9(13(14)16)5-10(7-11)17-3/h5-8H,4H2,1-3H3,(H2,14,16). The summed E-state index contributed by atoms with van der Waals surface area (Å²) in [5.41, 5.74) is 5.48. The number of methoxy groups -OCH3 is 1. The molecule has 0 fully saturated rings. The number of nitrogens with two attached hydrogens (primary N) is 1. The Labute approximate surface area is 106 Å². The van der Waals surface area contributed by atoms with Crippen LogP contribution in [0.2, 0.25) is 0 Å². The van der Waals surface area contributed by atoms with E-state index < -0.39 is 12.0 Å². The number of hydrogen-bond donors (Lipinski definition) is 1. The Bertz CT molecular complexity index is 456. The highest BCUT2D eigenvalue weighted by atomic mass is 16.5. The third-order valence-corrected chi connectivity index (χ3v) is 2.52. The maximum atomic E-state index is 11.4. The summed E-state index contributed by atoms with van der Waals surface area (Å²) in [5.74, 6) is 0.251. The summed E-state index contributed by atoms with van der Waals surface area (Å²) in [6.07, 6.45) is -0.170. The zero-order valence-electron chi connectivity index (χ0n) is 10.7. The molecule has 1 atom stereocenters. The molecule has 0 aliphatic rings. The van der Waals surface area contributed by atoms with Gasteiger partial charge < -0.3 is 15.2 Å². The molecule has 0 radical (unpaired) electrons. The minimum absolute atomic E-state index is 0.0153. The molecule has 1 aromatic rings. The van der Waals surface area contributed by atoms with Crippen LogP contribution in [0.15, 0.2) is 18.2 Å². The molecule has 1 unspecified atom stereocenters. The first-order chi connectivity index (χ1) is 8.47. The van der Waals surface area contributed by atoms with Crippen LogP contribution < -0.4 is 15.2 Å². The predicted molar refractivity (Wildman–Crippen MR) is 66.9 cm³/mol. The van der Waals surface area contributed by atoms with Crippen LogP contribution in [0.4, 0.5) is 0 Å². The number of carbonyl (C=O) groups excluding carboxylic acids is 2. The van der Waals surface area contributed by atoms with Crippen LogP contribution in [0.3, 0.4) is 0 Å². The number of ketones is 1. The summed E-state index contributed by atoms with van der Waals surface area (Å²) in [5, 5.41) is 0. The lowest BCUT2D eigenvalue weighted by molar-refractivity contribution is -0.124. The lowest BCUT2D eigenvalue weighted by Gasteiger charge is -2.14. The largest absolute Gasteiger partial charge is 0.497 e. The number of benzene rings is 1. The molecule has 18 heavy (non-hydrogen) atoms. The number of Topliss-reactive ketones (excluding diaryl/α,β-unsaturated/α-hetero) is 1. The SMILES string of the molecule is CCC(=O)C(C)Oc1cc(OC)cc(C(N)=O)c1. The highest BCUT2D eigenvalue weighted by molar-refractivity contribution is 5.93. The third kappa shape index (κ3) is 3.48. The molecule has 2 N–H and O–H groups in total. The van der Waals surface area contributed by atoms with Crippen molar-refractivity contribution in [2.45, 2.75) is 26.4 Å². The van der Waals surface area contributed by atoms with Gasteiger partial charge in [-0.05, 0) is 19.1 Å². The fourth-order valence-corrected chi connectivity index (χ4v) is 1.46. The predicted octanol–water partition coefficient (Wildman–Crippen LogP) is 1.54. The van der Waals surface area contributed by atoms with Crippen molar-refractivity contribution >= 4 is 11.7 Å². The van der Waals surface area contributed by atoms with Crippen LogP contribution in [0.1, 0.15) is 30.6 Å². The molecule has 1 amide bonds. The van der Waals surface area contributed by atoms with Crippen LogP contribution in [0, 0.1) is 0 Å². The van der Waals surface area contributed by atoms with Gasteiger partial charge in [0.05, 0.1) is 7.11 Å². The van der Waals surface area contributed by atoms with Gasteiger partial charge in [-0.2, -0.15) is 0 Å². The number of carbonyl (C=O) groups is 2. The Morgan fingerprint density at radius 3 is 2.39 bits per heavy atom. The van der Waals surface area contributed by atoms with Crippen molar-refractivity contribution in [3.8, 4) is 11.5 Å². The fraction of sp³-hybridized carbons (Fsp3) is 0.385. The summed E-state index contributed by atoms with van der Waals surface area (Å²) in [6, 6.07) is 4.61. The second-order valence-electron chi connectivity index (χ2n) is 3.84. The Balaban J connectivity index is 2.98. The van der Waals surface area contributed by atoms with Crippen molar-refractivity contribution in [2.75, 3.05) is 7.11 Å². The maximum absolute atomic E-state index is 11.4. The second-order valence-corrected chi connectivity index (χ2v) is 3.84. The first-order valence-electron chi connectivity index (χ1n) is 5.66. The average Bonchev–Trinajstić information content (AvgIpc) is 2.36. The number of amides is 1. The Hall–Kier alpha value is -2.04. The Morgan fingerprint density at radius 2 is 1.89 bits per heavy atom. The van der Waals surface area contributed by atoms with Gasteiger partial charge in [-0.3, -0.25) is 9.59 Å². The summed E-state index contributed by atoms with van der Waals surface area (Å²) >= 11 is 0. The van der Waals surface area contributed by atoms with Gasteiger partial charge in [0.2, 0.25) is 5.91 Å². The van der Waals surface area contributed by atoms with Crippen LogP contribution in [-0.2, 0) is 4.79 Å². The first kappa shape index (κ1) is 14.0. The molecule has 0 aromatic heterocycles. The van der Waals surface area contributed by atoms with Gasteiger partial charge in [0, 0.05) is 18.1 Å². The van der Waals surface area contributed by atoms with Crippen LogP contribution in [0.25, 0.3) is 0 Å². The number of ether oxygens (including phenoxy) is 2. The van der Waals surface area contributed by atoms with Gasteiger partial charge in [0.25, 0.3) is 0 Å². The number of hydrogen-bond acceptors (Lipinski definition) is 4. The molecule has 0 aliphatic carbocycles. The molecular formula is C13H17NO4.